The molecule has 606 valence electrons. The second-order valence-corrected chi connectivity index (χ2v) is 37.2. The molecular weight excluding hydrogens is 1480 g/mol. The van der Waals surface area contributed by atoms with Crippen molar-refractivity contribution in [1.82, 2.24) is 29.2 Å². The van der Waals surface area contributed by atoms with Gasteiger partial charge >= 0.3 is 11.9 Å². The van der Waals surface area contributed by atoms with Crippen molar-refractivity contribution >= 4 is 95.1 Å². The van der Waals surface area contributed by atoms with Crippen LogP contribution in [-0.4, -0.2) is 173 Å². The number of nitrogens with one attached hydrogen (secondary N) is 2. The molecule has 4 aromatic rings. The largest absolute Gasteiger partial charge is 0.496 e. The number of aryl methyl sites for hydroxylation is 1. The normalized spacial score (nSPS) is 29.4. The van der Waals surface area contributed by atoms with Gasteiger partial charge in [-0.3, -0.25) is 47.8 Å². The highest BCUT2D eigenvalue weighted by Crippen LogP contribution is 2.59. The molecule has 2 aromatic carbocycles. The molecule has 10 bridgehead atoms. The maximum Gasteiger partial charge on any atom is 0.306 e. The molecule has 0 unspecified atom stereocenters. The minimum absolute atomic E-state index is 0.0570. The summed E-state index contributed by atoms with van der Waals surface area (Å²) in [4.78, 5) is 125. The van der Waals surface area contributed by atoms with Crippen LogP contribution in [0.25, 0.3) is 27.9 Å². The number of ether oxygens (including phenoxy) is 8. The molecular formula is C84H108N6O20S2. The number of hydrogen-bond acceptors (Lipinski definition) is 22. The maximum atomic E-state index is 14.7. The molecule has 2 N–H and O–H groups in total. The van der Waals surface area contributed by atoms with Gasteiger partial charge in [-0.2, -0.15) is 0 Å². The molecule has 10 aliphatic rings. The van der Waals surface area contributed by atoms with Gasteiger partial charge in [0.2, 0.25) is 55.4 Å². The Kier molecular flexibility index (Phi) is 25.1. The summed E-state index contributed by atoms with van der Waals surface area (Å²) < 4.78 is 104. The van der Waals surface area contributed by atoms with Crippen LogP contribution < -0.4 is 37.9 Å². The van der Waals surface area contributed by atoms with Crippen LogP contribution in [0.4, 0.5) is 0 Å². The molecule has 8 heterocycles. The number of esters is 2. The van der Waals surface area contributed by atoms with Gasteiger partial charge in [-0.15, -0.1) is 0 Å². The second-order valence-electron chi connectivity index (χ2n) is 33.2. The summed E-state index contributed by atoms with van der Waals surface area (Å²) >= 11 is 0. The first-order valence-electron chi connectivity index (χ1n) is 40.3. The molecule has 0 radical (unpaired) electrons. The number of benzene rings is 2. The van der Waals surface area contributed by atoms with Gasteiger partial charge in [0, 0.05) is 78.1 Å². The first-order valence-corrected chi connectivity index (χ1v) is 43.4. The lowest BCUT2D eigenvalue weighted by Crippen LogP contribution is -2.46. The highest BCUT2D eigenvalue weighted by Gasteiger charge is 2.63. The maximum absolute atomic E-state index is 14.7. The van der Waals surface area contributed by atoms with Gasteiger partial charge in [0.15, 0.2) is 11.6 Å². The van der Waals surface area contributed by atoms with Gasteiger partial charge in [-0.05, 0) is 144 Å². The Morgan fingerprint density at radius 2 is 1.02 bits per heavy atom. The lowest BCUT2D eigenvalue weighted by molar-refractivity contribution is -0.152. The molecule has 14 rings (SSSR count). The number of nitrogens with zero attached hydrogens (tertiary/aromatic N) is 4. The Labute approximate surface area is 656 Å². The SMILES string of the molecule is COc1cc2c3cc(c(OC)cc3n1)/C=C/CCC(C)(C)COC(=O)C[C@H]1CCCCC/C=C\[C@@H]3C[C@@]3(C(=O)NS(=O)(=O)C3CC3)CC(=O)[C@@H]3C[C@H](CN3C1=O)O2.COc1cc2c3cc(c(OC)cc3n1)CCCCCCOC(=O)C[C@H]1CCCCC/C=C\[C@@H]3C[C@@]3(C(=O)NS(=O)(=O)C3CC3)CC(=O)[C@@H]3C[C@H](CN3C1=O)O2. The number of amides is 4. The number of carbonyl (C=O) groups excluding carboxylic acids is 8. The number of fused-ring (bicyclic) bond motifs is 8. The summed E-state index contributed by atoms with van der Waals surface area (Å²) in [6.07, 6.45) is 25.7. The Balaban J connectivity index is 0.000000196. The fraction of sp³-hybridized carbons (Fsp3) is 0.619. The highest BCUT2D eigenvalue weighted by molar-refractivity contribution is 7.91. The topological polar surface area (TPSA) is 335 Å². The van der Waals surface area contributed by atoms with Gasteiger partial charge in [0.1, 0.15) is 35.2 Å². The number of sulfonamides is 2. The molecule has 10 atom stereocenters. The standard InChI is InChI=1S/C43H55N3O10S.C41H53N3O10S/c1-42(2)17-11-10-12-27-18-32-33(21-36(27)53-3)44-38(54-4)22-37(32)56-30-20-34-35(47)24-43(41(50)45-57(51,52)31-15-16-31)23-29(43)14-9-7-5-6-8-13-28(19-39(48)55-26-42)40(49)46(34)25-30;1-51-35-21-32-31-18-26(35)12-8-6-7-11-17-53-38(46)19-27-13-9-4-3-5-10-14-28-23-41(28,40(48)43-55(49,50)30-15-16-30)24-34(45)33-20-29(25-44(33)39(27)47)54-36(31)22-37(42-32)52-2/h9-10,12,14,18,21-22,28-31,34H,5-8,11,13,15-17,19-20,23-26H2,1-4H3,(H,45,50);10,14,18,21-22,27-30,33H,3-9,11-13,15-17,19-20,23-25H2,1-2H3,(H,43,48)/b12-10+,14-9-;14-10-/t28-,29-,30-,34+,43-;27-,28-,29-,33+,41-/m11/s1. The van der Waals surface area contributed by atoms with E-state index in [9.17, 15) is 55.2 Å². The van der Waals surface area contributed by atoms with E-state index in [-0.39, 0.29) is 105 Å². The van der Waals surface area contributed by atoms with Crippen molar-refractivity contribution < 1.29 is 93.1 Å². The van der Waals surface area contributed by atoms with E-state index in [0.29, 0.717) is 122 Å². The molecule has 28 heteroatoms. The molecule has 4 aliphatic carbocycles. The van der Waals surface area contributed by atoms with Crippen LogP contribution in [0.5, 0.6) is 34.8 Å². The number of cyclic esters (lactones) is 2. The second kappa shape index (κ2) is 34.6. The fourth-order valence-electron chi connectivity index (χ4n) is 17.1. The molecule has 6 aliphatic heterocycles. The van der Waals surface area contributed by atoms with Crippen molar-refractivity contribution in [2.24, 2.45) is 39.9 Å². The average molecular weight is 1590 g/mol. The van der Waals surface area contributed by atoms with Crippen molar-refractivity contribution in [1.29, 1.82) is 0 Å². The van der Waals surface area contributed by atoms with E-state index < -0.39 is 101 Å². The Morgan fingerprint density at radius 1 is 0.536 bits per heavy atom. The van der Waals surface area contributed by atoms with Crippen LogP contribution in [0.15, 0.2) is 66.8 Å². The summed E-state index contributed by atoms with van der Waals surface area (Å²) in [6.45, 7) is 4.67. The van der Waals surface area contributed by atoms with E-state index in [0.717, 1.165) is 93.6 Å². The predicted molar refractivity (Wildman–Crippen MR) is 416 cm³/mol. The van der Waals surface area contributed by atoms with Crippen molar-refractivity contribution in [2.45, 2.75) is 235 Å². The van der Waals surface area contributed by atoms with E-state index in [2.05, 4.69) is 25.5 Å². The predicted octanol–water partition coefficient (Wildman–Crippen LogP) is 11.4. The molecule has 26 nitrogen and oxygen atoms in total. The van der Waals surface area contributed by atoms with Crippen molar-refractivity contribution in [3.63, 3.8) is 0 Å². The van der Waals surface area contributed by atoms with E-state index in [1.54, 1.807) is 26.4 Å². The van der Waals surface area contributed by atoms with Crippen molar-refractivity contribution in [2.75, 3.05) is 54.7 Å². The van der Waals surface area contributed by atoms with E-state index >= 15 is 0 Å². The van der Waals surface area contributed by atoms with Crippen molar-refractivity contribution in [3.05, 3.63) is 77.9 Å². The van der Waals surface area contributed by atoms with Crippen LogP contribution in [0, 0.1) is 39.9 Å². The average Bonchev–Trinajstić information content (AvgIpc) is 1.57. The monoisotopic (exact) mass is 1580 g/mol. The number of aromatic nitrogens is 2. The molecule has 2 aromatic heterocycles. The van der Waals surface area contributed by atoms with Gasteiger partial charge < -0.3 is 47.7 Å². The summed E-state index contributed by atoms with van der Waals surface area (Å²) in [6, 6.07) is 9.12. The number of carbonyl (C=O) groups is 8. The number of rotatable bonds is 10. The van der Waals surface area contributed by atoms with Crippen LogP contribution in [0.2, 0.25) is 0 Å². The summed E-state index contributed by atoms with van der Waals surface area (Å²) in [5.74, 6) is -2.73. The summed E-state index contributed by atoms with van der Waals surface area (Å²) in [7, 11) is -1.45. The third-order valence-electron chi connectivity index (χ3n) is 24.3. The van der Waals surface area contributed by atoms with Crippen LogP contribution >= 0.6 is 0 Å². The van der Waals surface area contributed by atoms with Crippen molar-refractivity contribution in [3.8, 4) is 34.8 Å². The Morgan fingerprint density at radius 3 is 1.52 bits per heavy atom. The third-order valence-corrected chi connectivity index (χ3v) is 27.9. The zero-order valence-corrected chi connectivity index (χ0v) is 66.9. The summed E-state index contributed by atoms with van der Waals surface area (Å²) in [5.41, 5.74) is 0.156. The highest BCUT2D eigenvalue weighted by atomic mass is 32.2. The molecule has 4 saturated carbocycles. The quantitative estimate of drug-likeness (QED) is 0.110. The Bertz CT molecular complexity index is 4590. The number of methoxy groups -OCH3 is 4. The third kappa shape index (κ3) is 19.1. The first-order chi connectivity index (χ1) is 53.7. The minimum atomic E-state index is -3.86. The Hall–Kier alpha value is -8.66. The van der Waals surface area contributed by atoms with E-state index in [1.807, 2.05) is 68.5 Å². The first kappa shape index (κ1) is 81.4. The molecule has 4 amide bonds. The number of ketones is 2. The van der Waals surface area contributed by atoms with E-state index in [1.165, 1.54) is 24.0 Å². The zero-order valence-electron chi connectivity index (χ0n) is 65.3. The smallest absolute Gasteiger partial charge is 0.306 e. The summed E-state index contributed by atoms with van der Waals surface area (Å²) in [5, 5.41) is 0.242. The van der Waals surface area contributed by atoms with Gasteiger partial charge in [-0.1, -0.05) is 88.8 Å². The lowest BCUT2D eigenvalue weighted by Gasteiger charge is -2.29. The van der Waals surface area contributed by atoms with Gasteiger partial charge in [0.25, 0.3) is 0 Å². The fourth-order valence-corrected chi connectivity index (χ4v) is 19.8. The molecule has 0 spiro atoms. The van der Waals surface area contributed by atoms with Crippen LogP contribution in [0.1, 0.15) is 205 Å². The van der Waals surface area contributed by atoms with E-state index in [4.69, 9.17) is 37.9 Å². The number of allylic oxidation sites excluding steroid dienone is 5. The molecule has 6 fully saturated rings. The lowest BCUT2D eigenvalue weighted by atomic mass is 9.88. The van der Waals surface area contributed by atoms with Crippen LogP contribution in [0.3, 0.4) is 0 Å². The number of pyridine rings is 2. The number of Topliss-reactive ketones (excluding diaryl/α,β-unsaturated/α-hetero) is 2. The van der Waals surface area contributed by atoms with Gasteiger partial charge in [-0.25, -0.2) is 26.8 Å². The molecule has 112 heavy (non-hydrogen) atoms. The zero-order chi connectivity index (χ0) is 79.3. The molecule has 2 saturated heterocycles. The van der Waals surface area contributed by atoms with Crippen LogP contribution in [-0.2, 0) is 74.3 Å². The minimum Gasteiger partial charge on any atom is -0.496 e. The van der Waals surface area contributed by atoms with Gasteiger partial charge in [0.05, 0.1) is 112 Å². The number of hydrogen-bond donors (Lipinski definition) is 2.